The quantitative estimate of drug-likeness (QED) is 0.811. The maximum Gasteiger partial charge on any atom is 0.337 e. The van der Waals surface area contributed by atoms with Crippen LogP contribution >= 0.6 is 0 Å². The van der Waals surface area contributed by atoms with Crippen molar-refractivity contribution in [3.8, 4) is 0 Å². The Bertz CT molecular complexity index is 724. The van der Waals surface area contributed by atoms with Crippen molar-refractivity contribution < 1.29 is 19.8 Å². The lowest BCUT2D eigenvalue weighted by Crippen LogP contribution is -2.19. The van der Waals surface area contributed by atoms with Gasteiger partial charge in [-0.05, 0) is 29.5 Å². The van der Waals surface area contributed by atoms with Gasteiger partial charge in [0.2, 0.25) is 0 Å². The molecule has 0 aliphatic heterocycles. The number of aromatic carboxylic acids is 1. The van der Waals surface area contributed by atoms with Crippen LogP contribution in [0, 0.1) is 5.41 Å². The number of carbonyl (C=O) groups is 2. The van der Waals surface area contributed by atoms with Crippen LogP contribution in [0.3, 0.4) is 0 Å². The Labute approximate surface area is 154 Å². The van der Waals surface area contributed by atoms with E-state index in [1.165, 1.54) is 5.56 Å². The first-order valence-electron chi connectivity index (χ1n) is 8.38. The van der Waals surface area contributed by atoms with Gasteiger partial charge in [0.1, 0.15) is 0 Å². The van der Waals surface area contributed by atoms with Crippen molar-refractivity contribution >= 4 is 17.6 Å². The molecule has 26 heavy (non-hydrogen) atoms. The molecule has 0 fully saturated rings. The van der Waals surface area contributed by atoms with E-state index in [4.69, 9.17) is 10.2 Å². The Morgan fingerprint density at radius 2 is 1.46 bits per heavy atom. The highest BCUT2D eigenvalue weighted by molar-refractivity contribution is 5.94. The maximum absolute atomic E-state index is 10.7. The molecule has 0 saturated heterocycles. The second-order valence-electron chi connectivity index (χ2n) is 7.11. The van der Waals surface area contributed by atoms with Crippen molar-refractivity contribution in [2.24, 2.45) is 5.41 Å². The zero-order chi connectivity index (χ0) is 19.7. The van der Waals surface area contributed by atoms with Crippen LogP contribution < -0.4 is 4.90 Å². The molecule has 0 aromatic heterocycles. The largest absolute Gasteiger partial charge is 0.481 e. The summed E-state index contributed by atoms with van der Waals surface area (Å²) in [5.74, 6) is -1.62. The number of aliphatic carboxylic acids is 1. The van der Waals surface area contributed by atoms with E-state index in [0.29, 0.717) is 5.56 Å². The van der Waals surface area contributed by atoms with Gasteiger partial charge in [-0.3, -0.25) is 4.79 Å². The minimum absolute atomic E-state index is 0.173. The molecule has 0 spiro atoms. The van der Waals surface area contributed by atoms with Gasteiger partial charge in [0, 0.05) is 14.1 Å². The molecule has 0 aliphatic carbocycles. The molecule has 0 radical (unpaired) electrons. The van der Waals surface area contributed by atoms with Crippen LogP contribution in [-0.2, 0) is 11.2 Å². The van der Waals surface area contributed by atoms with Crippen molar-refractivity contribution in [2.75, 3.05) is 19.0 Å². The molecule has 0 bridgehead atoms. The second kappa shape index (κ2) is 9.61. The van der Waals surface area contributed by atoms with Crippen molar-refractivity contribution in [3.05, 3.63) is 65.7 Å². The van der Waals surface area contributed by atoms with Crippen molar-refractivity contribution in [2.45, 2.75) is 26.7 Å². The first-order valence-corrected chi connectivity index (χ1v) is 8.38. The average molecular weight is 357 g/mol. The molecule has 5 heteroatoms. The summed E-state index contributed by atoms with van der Waals surface area (Å²) in [6.45, 7) is 3.96. The third kappa shape index (κ3) is 7.38. The minimum atomic E-state index is -0.890. The van der Waals surface area contributed by atoms with E-state index >= 15 is 0 Å². The van der Waals surface area contributed by atoms with Crippen LogP contribution in [0.15, 0.2) is 54.6 Å². The fraction of sp³-hybridized carbons (Fsp3) is 0.333. The first-order chi connectivity index (χ1) is 12.1. The lowest BCUT2D eigenvalue weighted by molar-refractivity contribution is -0.139. The first kappa shape index (κ1) is 21.2. The van der Waals surface area contributed by atoms with Crippen LogP contribution in [0.2, 0.25) is 0 Å². The highest BCUT2D eigenvalue weighted by atomic mass is 16.4. The predicted octanol–water partition coefficient (Wildman–Crippen LogP) is 4.18. The third-order valence-electron chi connectivity index (χ3n) is 3.77. The minimum Gasteiger partial charge on any atom is -0.481 e. The predicted molar refractivity (Wildman–Crippen MR) is 104 cm³/mol. The zero-order valence-electron chi connectivity index (χ0n) is 15.8. The van der Waals surface area contributed by atoms with Crippen LogP contribution in [0.4, 0.5) is 5.69 Å². The molecule has 140 valence electrons. The number of benzene rings is 2. The van der Waals surface area contributed by atoms with E-state index in [9.17, 15) is 9.59 Å². The number of carboxylic acid groups (broad SMARTS) is 2. The van der Waals surface area contributed by atoms with Gasteiger partial charge in [-0.25, -0.2) is 4.79 Å². The highest BCUT2D eigenvalue weighted by Gasteiger charge is 2.21. The molecule has 0 aliphatic rings. The summed E-state index contributed by atoms with van der Waals surface area (Å²) in [5.41, 5.74) is 2.08. The zero-order valence-corrected chi connectivity index (χ0v) is 15.8. The van der Waals surface area contributed by atoms with Crippen molar-refractivity contribution in [1.82, 2.24) is 0 Å². The molecule has 2 aromatic carbocycles. The topological polar surface area (TPSA) is 77.8 Å². The summed E-state index contributed by atoms with van der Waals surface area (Å²) < 4.78 is 0. The Hall–Kier alpha value is -2.82. The van der Waals surface area contributed by atoms with Gasteiger partial charge >= 0.3 is 11.9 Å². The Balaban J connectivity index is 0.000000263. The number of para-hydroxylation sites is 1. The van der Waals surface area contributed by atoms with E-state index < -0.39 is 11.9 Å². The Morgan fingerprint density at radius 3 is 1.92 bits per heavy atom. The van der Waals surface area contributed by atoms with E-state index in [1.807, 2.05) is 64.3 Å². The van der Waals surface area contributed by atoms with Gasteiger partial charge in [-0.1, -0.05) is 56.3 Å². The fourth-order valence-electron chi connectivity index (χ4n) is 2.66. The van der Waals surface area contributed by atoms with Gasteiger partial charge in [-0.2, -0.15) is 0 Å². The average Bonchev–Trinajstić information content (AvgIpc) is 2.54. The number of hydrogen-bond donors (Lipinski definition) is 2. The van der Waals surface area contributed by atoms with Gasteiger partial charge in [0.25, 0.3) is 0 Å². The van der Waals surface area contributed by atoms with Crippen molar-refractivity contribution in [3.63, 3.8) is 0 Å². The highest BCUT2D eigenvalue weighted by Crippen LogP contribution is 2.25. The second-order valence-corrected chi connectivity index (χ2v) is 7.11. The smallest absolute Gasteiger partial charge is 0.337 e. The van der Waals surface area contributed by atoms with Gasteiger partial charge in [-0.15, -0.1) is 0 Å². The molecule has 0 unspecified atom stereocenters. The monoisotopic (exact) mass is 357 g/mol. The number of rotatable bonds is 6. The normalized spacial score (nSPS) is 10.5. The maximum atomic E-state index is 10.7. The van der Waals surface area contributed by atoms with E-state index in [2.05, 4.69) is 0 Å². The van der Waals surface area contributed by atoms with Crippen molar-refractivity contribution in [1.29, 1.82) is 0 Å². The van der Waals surface area contributed by atoms with Gasteiger partial charge in [0.05, 0.1) is 17.7 Å². The van der Waals surface area contributed by atoms with E-state index in [0.717, 1.165) is 12.1 Å². The third-order valence-corrected chi connectivity index (χ3v) is 3.77. The molecule has 2 aromatic rings. The Kier molecular flexibility index (Phi) is 7.84. The Morgan fingerprint density at radius 1 is 0.923 bits per heavy atom. The number of carboxylic acids is 2. The molecular weight excluding hydrogens is 330 g/mol. The molecule has 0 heterocycles. The molecule has 2 rings (SSSR count). The lowest BCUT2D eigenvalue weighted by atomic mass is 9.83. The fourth-order valence-corrected chi connectivity index (χ4v) is 2.66. The summed E-state index contributed by atoms with van der Waals surface area (Å²) in [5, 5.41) is 17.5. The standard InChI is InChI=1S/C12H16O2.C9H11NO2/c1-12(2,9-11(13)14)8-10-6-4-3-5-7-10;1-10(2)8-6-4-3-5-7(8)9(11)12/h3-7H,8-9H2,1-2H3,(H,13,14);3-6H,1-2H3,(H,11,12). The molecule has 0 amide bonds. The summed E-state index contributed by atoms with van der Waals surface area (Å²) in [7, 11) is 3.64. The number of hydrogen-bond acceptors (Lipinski definition) is 3. The summed E-state index contributed by atoms with van der Waals surface area (Å²) >= 11 is 0. The molecule has 0 atom stereocenters. The van der Waals surface area contributed by atoms with Crippen LogP contribution in [0.25, 0.3) is 0 Å². The summed E-state index contributed by atoms with van der Waals surface area (Å²) in [4.78, 5) is 23.1. The lowest BCUT2D eigenvalue weighted by Gasteiger charge is -2.22. The number of nitrogens with zero attached hydrogens (tertiary/aromatic N) is 1. The molecular formula is C21H27NO4. The van der Waals surface area contributed by atoms with E-state index in [1.54, 1.807) is 23.1 Å². The van der Waals surface area contributed by atoms with E-state index in [-0.39, 0.29) is 11.8 Å². The molecule has 0 saturated carbocycles. The van der Waals surface area contributed by atoms with Crippen LogP contribution in [0.5, 0.6) is 0 Å². The molecule has 2 N–H and O–H groups in total. The number of anilines is 1. The van der Waals surface area contributed by atoms with Crippen LogP contribution in [0.1, 0.15) is 36.2 Å². The SMILES string of the molecule is CC(C)(CC(=O)O)Cc1ccccc1.CN(C)c1ccccc1C(=O)O. The summed E-state index contributed by atoms with van der Waals surface area (Å²) in [6.07, 6.45) is 1.02. The van der Waals surface area contributed by atoms with Crippen LogP contribution in [-0.4, -0.2) is 36.2 Å². The summed E-state index contributed by atoms with van der Waals surface area (Å²) in [6, 6.07) is 16.9. The molecule has 5 nitrogen and oxygen atoms in total. The van der Waals surface area contributed by atoms with Gasteiger partial charge < -0.3 is 15.1 Å². The van der Waals surface area contributed by atoms with Gasteiger partial charge in [0.15, 0.2) is 0 Å².